The molecule has 0 spiro atoms. The first-order valence-electron chi connectivity index (χ1n) is 4.05. The Balaban J connectivity index is 0. The molecule has 4 nitrogen and oxygen atoms in total. The molecule has 0 aliphatic rings. The minimum atomic E-state index is 0. The van der Waals surface area contributed by atoms with E-state index >= 15 is 0 Å². The van der Waals surface area contributed by atoms with Gasteiger partial charge in [0.05, 0.1) is 39.6 Å². The predicted molar refractivity (Wildman–Crippen MR) is 51.1 cm³/mol. The molecule has 0 amide bonds. The van der Waals surface area contributed by atoms with E-state index in [-0.39, 0.29) is 45.5 Å². The fourth-order valence-corrected chi connectivity index (χ4v) is 0.606. The summed E-state index contributed by atoms with van der Waals surface area (Å²) in [5.41, 5.74) is 0. The van der Waals surface area contributed by atoms with Crippen LogP contribution in [0.25, 0.3) is 0 Å². The number of methoxy groups -OCH3 is 2. The van der Waals surface area contributed by atoms with Crippen LogP contribution in [0.4, 0.5) is 0 Å². The molecule has 0 bridgehead atoms. The van der Waals surface area contributed by atoms with E-state index in [2.05, 4.69) is 0 Å². The molecular weight excluding hydrogens is 248 g/mol. The largest absolute Gasteiger partial charge is 0.382 e. The molecule has 0 atom stereocenters. The van der Waals surface area contributed by atoms with Crippen LogP contribution in [0.15, 0.2) is 0 Å². The molecule has 0 heterocycles. The SMILES string of the molecule is COCCOCCOCCOC.[Sr]. The summed E-state index contributed by atoms with van der Waals surface area (Å²) in [7, 11) is 3.30. The topological polar surface area (TPSA) is 36.9 Å². The summed E-state index contributed by atoms with van der Waals surface area (Å²) in [5, 5.41) is 0. The van der Waals surface area contributed by atoms with Crippen molar-refractivity contribution >= 4 is 45.5 Å². The molecule has 0 fully saturated rings. The molecule has 0 saturated heterocycles. The maximum Gasteiger partial charge on any atom is 0.0701 e. The Bertz CT molecular complexity index is 72.5. The van der Waals surface area contributed by atoms with Gasteiger partial charge in [0.2, 0.25) is 0 Å². The minimum Gasteiger partial charge on any atom is -0.382 e. The van der Waals surface area contributed by atoms with Crippen molar-refractivity contribution in [2.45, 2.75) is 0 Å². The van der Waals surface area contributed by atoms with Crippen LogP contribution in [0.2, 0.25) is 0 Å². The van der Waals surface area contributed by atoms with Crippen LogP contribution >= 0.6 is 0 Å². The van der Waals surface area contributed by atoms with E-state index in [1.54, 1.807) is 14.2 Å². The summed E-state index contributed by atoms with van der Waals surface area (Å²) in [6.45, 7) is 3.77. The van der Waals surface area contributed by atoms with E-state index in [0.717, 1.165) is 0 Å². The second kappa shape index (κ2) is 15.8. The molecule has 13 heavy (non-hydrogen) atoms. The predicted octanol–water partition coefficient (Wildman–Crippen LogP) is -0.0684. The molecule has 2 radical (unpaired) electrons. The van der Waals surface area contributed by atoms with Gasteiger partial charge in [0, 0.05) is 59.7 Å². The van der Waals surface area contributed by atoms with Gasteiger partial charge in [0.15, 0.2) is 0 Å². The summed E-state index contributed by atoms with van der Waals surface area (Å²) in [5.74, 6) is 0. The third-order valence-electron chi connectivity index (χ3n) is 1.24. The standard InChI is InChI=1S/C8H18O4.Sr/c1-9-3-5-11-7-8-12-6-4-10-2;/h3-8H2,1-2H3;. The van der Waals surface area contributed by atoms with E-state index in [1.807, 2.05) is 0 Å². The van der Waals surface area contributed by atoms with Crippen LogP contribution < -0.4 is 0 Å². The third-order valence-corrected chi connectivity index (χ3v) is 1.24. The molecule has 5 heteroatoms. The average molecular weight is 266 g/mol. The third kappa shape index (κ3) is 16.0. The van der Waals surface area contributed by atoms with Gasteiger partial charge >= 0.3 is 0 Å². The maximum atomic E-state index is 5.16. The molecule has 0 aromatic carbocycles. The van der Waals surface area contributed by atoms with Gasteiger partial charge in [0.1, 0.15) is 0 Å². The van der Waals surface area contributed by atoms with Gasteiger partial charge in [-0.05, 0) is 0 Å². The van der Waals surface area contributed by atoms with E-state index in [1.165, 1.54) is 0 Å². The number of ether oxygens (including phenoxy) is 4. The fraction of sp³-hybridized carbons (Fsp3) is 1.00. The average Bonchev–Trinajstić information content (AvgIpc) is 2.10. The van der Waals surface area contributed by atoms with E-state index in [9.17, 15) is 0 Å². The van der Waals surface area contributed by atoms with Crippen LogP contribution in [-0.2, 0) is 18.9 Å². The van der Waals surface area contributed by atoms with E-state index in [4.69, 9.17) is 18.9 Å². The fourth-order valence-electron chi connectivity index (χ4n) is 0.606. The van der Waals surface area contributed by atoms with Gasteiger partial charge in [-0.15, -0.1) is 0 Å². The van der Waals surface area contributed by atoms with Crippen molar-refractivity contribution in [2.75, 3.05) is 53.9 Å². The zero-order chi connectivity index (χ0) is 9.07. The van der Waals surface area contributed by atoms with Crippen molar-refractivity contribution < 1.29 is 18.9 Å². The van der Waals surface area contributed by atoms with Gasteiger partial charge in [-0.3, -0.25) is 0 Å². The summed E-state index contributed by atoms with van der Waals surface area (Å²) in [4.78, 5) is 0. The van der Waals surface area contributed by atoms with Gasteiger partial charge in [-0.25, -0.2) is 0 Å². The molecule has 0 saturated carbocycles. The Kier molecular flexibility index (Phi) is 20.3. The number of hydrogen-bond acceptors (Lipinski definition) is 4. The zero-order valence-electron chi connectivity index (χ0n) is 8.58. The molecule has 0 aliphatic carbocycles. The molecule has 0 aromatic heterocycles. The summed E-state index contributed by atoms with van der Waals surface area (Å²) in [6, 6.07) is 0. The van der Waals surface area contributed by atoms with E-state index < -0.39 is 0 Å². The zero-order valence-corrected chi connectivity index (χ0v) is 12.1. The summed E-state index contributed by atoms with van der Waals surface area (Å²) >= 11 is 0. The molecule has 76 valence electrons. The van der Waals surface area contributed by atoms with Crippen LogP contribution in [0.5, 0.6) is 0 Å². The van der Waals surface area contributed by atoms with Crippen LogP contribution in [0, 0.1) is 0 Å². The Morgan fingerprint density at radius 3 is 1.23 bits per heavy atom. The number of hydrogen-bond donors (Lipinski definition) is 0. The van der Waals surface area contributed by atoms with E-state index in [0.29, 0.717) is 39.6 Å². The smallest absolute Gasteiger partial charge is 0.0701 e. The minimum absolute atomic E-state index is 0. The second-order valence-electron chi connectivity index (χ2n) is 2.21. The summed E-state index contributed by atoms with van der Waals surface area (Å²) < 4.78 is 19.9. The van der Waals surface area contributed by atoms with Crippen molar-refractivity contribution in [3.63, 3.8) is 0 Å². The molecule has 0 aliphatic heterocycles. The van der Waals surface area contributed by atoms with Crippen LogP contribution in [-0.4, -0.2) is 99.3 Å². The first kappa shape index (κ1) is 16.7. The molecule has 0 unspecified atom stereocenters. The van der Waals surface area contributed by atoms with Crippen LogP contribution in [0.1, 0.15) is 0 Å². The van der Waals surface area contributed by atoms with Gasteiger partial charge in [-0.1, -0.05) is 0 Å². The van der Waals surface area contributed by atoms with Crippen molar-refractivity contribution in [1.82, 2.24) is 0 Å². The Hall–Kier alpha value is 1.32. The molecule has 0 N–H and O–H groups in total. The monoisotopic (exact) mass is 266 g/mol. The normalized spacial score (nSPS) is 9.69. The molecule has 0 aromatic rings. The maximum absolute atomic E-state index is 5.16. The Morgan fingerprint density at radius 2 is 0.923 bits per heavy atom. The van der Waals surface area contributed by atoms with Crippen molar-refractivity contribution in [2.24, 2.45) is 0 Å². The quantitative estimate of drug-likeness (QED) is 0.432. The van der Waals surface area contributed by atoms with Gasteiger partial charge in [0.25, 0.3) is 0 Å². The van der Waals surface area contributed by atoms with Crippen molar-refractivity contribution in [3.8, 4) is 0 Å². The van der Waals surface area contributed by atoms with Crippen molar-refractivity contribution in [3.05, 3.63) is 0 Å². The Morgan fingerprint density at radius 1 is 0.615 bits per heavy atom. The first-order chi connectivity index (χ1) is 5.91. The number of rotatable bonds is 9. The van der Waals surface area contributed by atoms with Crippen molar-refractivity contribution in [1.29, 1.82) is 0 Å². The molecular formula is C8H18O4Sr. The molecule has 0 rings (SSSR count). The first-order valence-corrected chi connectivity index (χ1v) is 4.05. The summed E-state index contributed by atoms with van der Waals surface area (Å²) in [6.07, 6.45) is 0. The second-order valence-corrected chi connectivity index (χ2v) is 2.21. The van der Waals surface area contributed by atoms with Crippen LogP contribution in [0.3, 0.4) is 0 Å². The van der Waals surface area contributed by atoms with Gasteiger partial charge < -0.3 is 18.9 Å². The van der Waals surface area contributed by atoms with Gasteiger partial charge in [-0.2, -0.15) is 0 Å². The Labute approximate surface area is 117 Å².